The minimum atomic E-state index is 0.00862. The first-order chi connectivity index (χ1) is 10.1. The van der Waals surface area contributed by atoms with Gasteiger partial charge in [-0.2, -0.15) is 0 Å². The van der Waals surface area contributed by atoms with Gasteiger partial charge in [-0.3, -0.25) is 0 Å². The molecule has 0 unspecified atom stereocenters. The molecule has 0 aromatic heterocycles. The Balaban J connectivity index is 1.94. The lowest BCUT2D eigenvalue weighted by molar-refractivity contribution is 0.216. The molecule has 21 heavy (non-hydrogen) atoms. The lowest BCUT2D eigenvalue weighted by Gasteiger charge is -2.17. The van der Waals surface area contributed by atoms with E-state index >= 15 is 0 Å². The first kappa shape index (κ1) is 14.3. The lowest BCUT2D eigenvalue weighted by Crippen LogP contribution is -2.07. The van der Waals surface area contributed by atoms with Crippen LogP contribution in [0.15, 0.2) is 40.9 Å². The van der Waals surface area contributed by atoms with Crippen molar-refractivity contribution in [3.05, 3.63) is 52.0 Å². The van der Waals surface area contributed by atoms with Crippen LogP contribution in [0.5, 0.6) is 17.2 Å². The molecule has 0 N–H and O–H groups in total. The third-order valence-corrected chi connectivity index (χ3v) is 4.54. The van der Waals surface area contributed by atoms with E-state index in [4.69, 9.17) is 14.2 Å². The summed E-state index contributed by atoms with van der Waals surface area (Å²) in [5, 5.41) is 0. The van der Waals surface area contributed by atoms with E-state index in [1.807, 2.05) is 24.3 Å². The van der Waals surface area contributed by atoms with E-state index in [1.165, 1.54) is 5.56 Å². The minimum Gasteiger partial charge on any atom is -0.497 e. The van der Waals surface area contributed by atoms with Crippen LogP contribution in [-0.4, -0.2) is 14.2 Å². The van der Waals surface area contributed by atoms with Crippen LogP contribution in [0, 0.1) is 0 Å². The van der Waals surface area contributed by atoms with E-state index in [2.05, 4.69) is 35.0 Å². The molecule has 0 fully saturated rings. The average molecular weight is 349 g/mol. The molecule has 0 saturated heterocycles. The average Bonchev–Trinajstić information content (AvgIpc) is 2.83. The fourth-order valence-corrected chi connectivity index (χ4v) is 3.29. The normalized spacial score (nSPS) is 19.8. The minimum absolute atomic E-state index is 0.00862. The molecule has 1 aliphatic rings. The largest absolute Gasteiger partial charge is 0.497 e. The van der Waals surface area contributed by atoms with Crippen molar-refractivity contribution >= 4 is 15.9 Å². The number of fused-ring (bicyclic) bond motifs is 1. The number of ether oxygens (including phenoxy) is 3. The quantitative estimate of drug-likeness (QED) is 0.804. The molecule has 0 spiro atoms. The summed E-state index contributed by atoms with van der Waals surface area (Å²) >= 11 is 3.53. The number of hydrogen-bond acceptors (Lipinski definition) is 3. The van der Waals surface area contributed by atoms with Crippen molar-refractivity contribution in [1.29, 1.82) is 0 Å². The molecule has 110 valence electrons. The smallest absolute Gasteiger partial charge is 0.133 e. The number of rotatable bonds is 3. The highest BCUT2D eigenvalue weighted by Crippen LogP contribution is 2.47. The molecule has 1 aliphatic heterocycles. The van der Waals surface area contributed by atoms with Crippen LogP contribution < -0.4 is 14.2 Å². The van der Waals surface area contributed by atoms with Crippen molar-refractivity contribution < 1.29 is 14.2 Å². The van der Waals surface area contributed by atoms with E-state index in [0.29, 0.717) is 0 Å². The lowest BCUT2D eigenvalue weighted by atomic mass is 9.93. The Kier molecular flexibility index (Phi) is 3.81. The molecule has 0 bridgehead atoms. The zero-order valence-electron chi connectivity index (χ0n) is 12.2. The van der Waals surface area contributed by atoms with E-state index in [-0.39, 0.29) is 12.0 Å². The highest BCUT2D eigenvalue weighted by Gasteiger charge is 2.32. The molecule has 2 aromatic carbocycles. The Morgan fingerprint density at radius 2 is 1.86 bits per heavy atom. The second-order valence-electron chi connectivity index (χ2n) is 5.12. The molecule has 2 aromatic rings. The van der Waals surface area contributed by atoms with Gasteiger partial charge in [-0.25, -0.2) is 0 Å². The van der Waals surface area contributed by atoms with Crippen LogP contribution in [0.1, 0.15) is 30.1 Å². The predicted octanol–water partition coefficient (Wildman–Crippen LogP) is 4.70. The second-order valence-corrected chi connectivity index (χ2v) is 5.98. The predicted molar refractivity (Wildman–Crippen MR) is 85.5 cm³/mol. The molecular formula is C17H17BrO3. The highest BCUT2D eigenvalue weighted by atomic mass is 79.9. The van der Waals surface area contributed by atoms with Gasteiger partial charge in [-0.15, -0.1) is 0 Å². The van der Waals surface area contributed by atoms with Crippen LogP contribution in [0.4, 0.5) is 0 Å². The Hall–Kier alpha value is -1.68. The van der Waals surface area contributed by atoms with Gasteiger partial charge in [0.1, 0.15) is 23.4 Å². The van der Waals surface area contributed by atoms with Gasteiger partial charge in [-0.1, -0.05) is 13.0 Å². The monoisotopic (exact) mass is 348 g/mol. The molecular weight excluding hydrogens is 332 g/mol. The van der Waals surface area contributed by atoms with E-state index in [0.717, 1.165) is 27.3 Å². The summed E-state index contributed by atoms with van der Waals surface area (Å²) < 4.78 is 17.6. The Morgan fingerprint density at radius 1 is 1.05 bits per heavy atom. The van der Waals surface area contributed by atoms with Gasteiger partial charge in [0.15, 0.2) is 0 Å². The van der Waals surface area contributed by atoms with Crippen molar-refractivity contribution in [1.82, 2.24) is 0 Å². The Morgan fingerprint density at radius 3 is 2.52 bits per heavy atom. The topological polar surface area (TPSA) is 27.7 Å². The fraction of sp³-hybridized carbons (Fsp3) is 0.294. The molecule has 0 amide bonds. The summed E-state index contributed by atoms with van der Waals surface area (Å²) in [6.07, 6.45) is 0.00862. The van der Waals surface area contributed by atoms with Crippen molar-refractivity contribution in [2.45, 2.75) is 18.9 Å². The van der Waals surface area contributed by atoms with E-state index in [1.54, 1.807) is 14.2 Å². The molecule has 3 nitrogen and oxygen atoms in total. The van der Waals surface area contributed by atoms with Crippen molar-refractivity contribution in [2.24, 2.45) is 0 Å². The summed E-state index contributed by atoms with van der Waals surface area (Å²) in [5.74, 6) is 2.89. The first-order valence-corrected chi connectivity index (χ1v) is 7.61. The van der Waals surface area contributed by atoms with Crippen LogP contribution in [0.3, 0.4) is 0 Å². The molecule has 0 saturated carbocycles. The molecule has 1 heterocycles. The summed E-state index contributed by atoms with van der Waals surface area (Å²) in [5.41, 5.74) is 2.32. The van der Waals surface area contributed by atoms with Gasteiger partial charge in [0.2, 0.25) is 0 Å². The van der Waals surface area contributed by atoms with Crippen LogP contribution in [-0.2, 0) is 0 Å². The molecule has 0 radical (unpaired) electrons. The van der Waals surface area contributed by atoms with Crippen molar-refractivity contribution in [3.8, 4) is 17.2 Å². The number of methoxy groups -OCH3 is 2. The third-order valence-electron chi connectivity index (χ3n) is 3.92. The number of hydrogen-bond donors (Lipinski definition) is 0. The molecule has 2 atom stereocenters. The first-order valence-electron chi connectivity index (χ1n) is 6.82. The standard InChI is InChI=1S/C17H17BrO3/c1-10-13-9-12(19-2)5-7-15(13)21-17(10)11-4-6-16(20-3)14(18)8-11/h4-10,17H,1-3H3/t10-,17-/m0/s1. The van der Waals surface area contributed by atoms with Gasteiger partial charge in [0.05, 0.1) is 18.7 Å². The second kappa shape index (κ2) is 5.60. The maximum absolute atomic E-state index is 6.12. The molecule has 4 heteroatoms. The van der Waals surface area contributed by atoms with Crippen LogP contribution >= 0.6 is 15.9 Å². The van der Waals surface area contributed by atoms with E-state index < -0.39 is 0 Å². The van der Waals surface area contributed by atoms with Crippen molar-refractivity contribution in [2.75, 3.05) is 14.2 Å². The van der Waals surface area contributed by atoms with Crippen molar-refractivity contribution in [3.63, 3.8) is 0 Å². The zero-order chi connectivity index (χ0) is 15.0. The number of benzene rings is 2. The van der Waals surface area contributed by atoms with Gasteiger partial charge < -0.3 is 14.2 Å². The van der Waals surface area contributed by atoms with Gasteiger partial charge in [0, 0.05) is 11.5 Å². The van der Waals surface area contributed by atoms with E-state index in [9.17, 15) is 0 Å². The Bertz CT molecular complexity index is 669. The molecule has 3 rings (SSSR count). The third kappa shape index (κ3) is 2.48. The van der Waals surface area contributed by atoms with Crippen LogP contribution in [0.25, 0.3) is 0 Å². The Labute approximate surface area is 133 Å². The summed E-state index contributed by atoms with van der Waals surface area (Å²) in [7, 11) is 3.34. The SMILES string of the molecule is COc1ccc2c(c1)[C@H](C)[C@@H](c1ccc(OC)c(Br)c1)O2. The molecule has 0 aliphatic carbocycles. The number of halogens is 1. The van der Waals surface area contributed by atoms with Gasteiger partial charge in [0.25, 0.3) is 0 Å². The summed E-state index contributed by atoms with van der Waals surface area (Å²) in [6, 6.07) is 12.0. The maximum Gasteiger partial charge on any atom is 0.133 e. The van der Waals surface area contributed by atoms with Gasteiger partial charge >= 0.3 is 0 Å². The van der Waals surface area contributed by atoms with Crippen LogP contribution in [0.2, 0.25) is 0 Å². The summed E-state index contributed by atoms with van der Waals surface area (Å²) in [6.45, 7) is 2.17. The van der Waals surface area contributed by atoms with Gasteiger partial charge in [-0.05, 0) is 51.8 Å². The fourth-order valence-electron chi connectivity index (χ4n) is 2.73. The zero-order valence-corrected chi connectivity index (χ0v) is 13.8. The highest BCUT2D eigenvalue weighted by molar-refractivity contribution is 9.10. The summed E-state index contributed by atoms with van der Waals surface area (Å²) in [4.78, 5) is 0. The maximum atomic E-state index is 6.12.